The topological polar surface area (TPSA) is 122 Å². The van der Waals surface area contributed by atoms with Gasteiger partial charge in [-0.2, -0.15) is 0 Å². The number of aromatic nitrogens is 2. The van der Waals surface area contributed by atoms with Crippen molar-refractivity contribution in [1.82, 2.24) is 9.97 Å². The number of H-pyrrole nitrogens is 1. The second kappa shape index (κ2) is 8.71. The molecule has 5 N–H and O–H groups in total. The number of nitrogens with one attached hydrogen (secondary N) is 3. The van der Waals surface area contributed by atoms with E-state index in [4.69, 9.17) is 5.73 Å². The first kappa shape index (κ1) is 19.6. The van der Waals surface area contributed by atoms with E-state index in [0.717, 1.165) is 12.0 Å². The minimum absolute atomic E-state index is 0.104. The second-order valence-corrected chi connectivity index (χ2v) is 6.74. The number of carbonyl (C=O) groups excluding carboxylic acids is 2. The minimum Gasteiger partial charge on any atom is -0.453 e. The van der Waals surface area contributed by atoms with E-state index in [1.807, 2.05) is 19.1 Å². The number of fused-ring (bicyclic) bond motifs is 4. The van der Waals surface area contributed by atoms with Crippen molar-refractivity contribution < 1.29 is 14.3 Å². The standard InChI is InChI=1S/C20H25N5O3/c1-3-12-5-4-6-15(21)19-22-11-17(25-19)14-8-7-13(23-20(27)28-2)10-16(14)24-18(26)9-12/h4-5,7-8,10-12,15H,3,6,9,21H2,1-2H3,(H,22,25)(H,23,27)(H,24,26)/b5-4+/t12?,15-/m0/s1. The Balaban J connectivity index is 2.02. The average molecular weight is 383 g/mol. The van der Waals surface area contributed by atoms with Gasteiger partial charge >= 0.3 is 6.09 Å². The summed E-state index contributed by atoms with van der Waals surface area (Å²) < 4.78 is 4.63. The lowest BCUT2D eigenvalue weighted by atomic mass is 10.00. The van der Waals surface area contributed by atoms with E-state index in [0.29, 0.717) is 35.7 Å². The number of anilines is 2. The van der Waals surface area contributed by atoms with Gasteiger partial charge in [-0.1, -0.05) is 19.1 Å². The lowest BCUT2D eigenvalue weighted by Crippen LogP contribution is -2.17. The van der Waals surface area contributed by atoms with Crippen LogP contribution < -0.4 is 16.4 Å². The van der Waals surface area contributed by atoms with Gasteiger partial charge in [-0.05, 0) is 37.0 Å². The fourth-order valence-corrected chi connectivity index (χ4v) is 3.10. The first-order valence-corrected chi connectivity index (χ1v) is 9.27. The molecule has 3 rings (SSSR count). The summed E-state index contributed by atoms with van der Waals surface area (Å²) in [7, 11) is 1.29. The molecule has 2 heterocycles. The van der Waals surface area contributed by atoms with Gasteiger partial charge in [-0.25, -0.2) is 9.78 Å². The number of ether oxygens (including phenoxy) is 1. The fourth-order valence-electron chi connectivity index (χ4n) is 3.10. The molecule has 2 amide bonds. The Bertz CT molecular complexity index is 890. The number of benzene rings is 1. The second-order valence-electron chi connectivity index (χ2n) is 6.74. The average Bonchev–Trinajstić information content (AvgIpc) is 3.16. The van der Waals surface area contributed by atoms with Crippen LogP contribution in [-0.2, 0) is 9.53 Å². The molecule has 8 nitrogen and oxygen atoms in total. The van der Waals surface area contributed by atoms with Crippen molar-refractivity contribution in [2.45, 2.75) is 32.2 Å². The number of hydrogen-bond acceptors (Lipinski definition) is 5. The molecule has 0 aliphatic carbocycles. The number of amides is 2. The van der Waals surface area contributed by atoms with Crippen LogP contribution in [0.3, 0.4) is 0 Å². The molecule has 0 saturated heterocycles. The summed E-state index contributed by atoms with van der Waals surface area (Å²) >= 11 is 0. The normalized spacial score (nSPS) is 20.6. The number of aromatic amines is 1. The molecule has 2 atom stereocenters. The summed E-state index contributed by atoms with van der Waals surface area (Å²) in [6.07, 6.45) is 7.08. The molecular weight excluding hydrogens is 358 g/mol. The van der Waals surface area contributed by atoms with Gasteiger partial charge in [-0.15, -0.1) is 0 Å². The molecule has 8 heteroatoms. The highest BCUT2D eigenvalue weighted by atomic mass is 16.5. The summed E-state index contributed by atoms with van der Waals surface area (Å²) in [6.45, 7) is 2.05. The summed E-state index contributed by atoms with van der Waals surface area (Å²) in [5, 5.41) is 5.56. The van der Waals surface area contributed by atoms with Gasteiger partial charge in [0.15, 0.2) is 0 Å². The molecule has 1 aliphatic rings. The van der Waals surface area contributed by atoms with Crippen molar-refractivity contribution in [3.63, 3.8) is 0 Å². The van der Waals surface area contributed by atoms with E-state index in [1.165, 1.54) is 7.11 Å². The highest BCUT2D eigenvalue weighted by Crippen LogP contribution is 2.31. The molecule has 2 aromatic rings. The first-order chi connectivity index (χ1) is 13.5. The molecule has 1 aromatic heterocycles. The van der Waals surface area contributed by atoms with E-state index >= 15 is 0 Å². The van der Waals surface area contributed by atoms with Crippen LogP contribution in [0.2, 0.25) is 0 Å². The maximum atomic E-state index is 12.6. The Labute approximate surface area is 163 Å². The Morgan fingerprint density at radius 1 is 1.43 bits per heavy atom. The molecule has 0 radical (unpaired) electrons. The van der Waals surface area contributed by atoms with Crippen molar-refractivity contribution >= 4 is 23.4 Å². The van der Waals surface area contributed by atoms with Crippen LogP contribution >= 0.6 is 0 Å². The number of hydrogen-bond donors (Lipinski definition) is 4. The van der Waals surface area contributed by atoms with Crippen molar-refractivity contribution in [1.29, 1.82) is 0 Å². The Morgan fingerprint density at radius 2 is 2.25 bits per heavy atom. The summed E-state index contributed by atoms with van der Waals surface area (Å²) in [5.74, 6) is 0.701. The number of imidazole rings is 1. The molecule has 0 fully saturated rings. The first-order valence-electron chi connectivity index (χ1n) is 9.27. The van der Waals surface area contributed by atoms with E-state index in [2.05, 4.69) is 25.3 Å². The maximum Gasteiger partial charge on any atom is 0.411 e. The quantitative estimate of drug-likeness (QED) is 0.591. The largest absolute Gasteiger partial charge is 0.453 e. The maximum absolute atomic E-state index is 12.6. The third kappa shape index (κ3) is 4.58. The van der Waals surface area contributed by atoms with Gasteiger partial charge in [-0.3, -0.25) is 10.1 Å². The van der Waals surface area contributed by atoms with Gasteiger partial charge in [0.2, 0.25) is 5.91 Å². The van der Waals surface area contributed by atoms with Gasteiger partial charge in [0.05, 0.1) is 24.5 Å². The number of allylic oxidation sites excluding steroid dienone is 1. The van der Waals surface area contributed by atoms with Crippen LogP contribution in [-0.4, -0.2) is 29.1 Å². The monoisotopic (exact) mass is 383 g/mol. The number of carbonyl (C=O) groups is 2. The number of rotatable bonds is 2. The lowest BCUT2D eigenvalue weighted by molar-refractivity contribution is -0.116. The molecule has 2 bridgehead atoms. The van der Waals surface area contributed by atoms with Crippen molar-refractivity contribution in [3.8, 4) is 11.3 Å². The van der Waals surface area contributed by atoms with E-state index in [9.17, 15) is 9.59 Å². The zero-order valence-corrected chi connectivity index (χ0v) is 16.0. The smallest absolute Gasteiger partial charge is 0.411 e. The highest BCUT2D eigenvalue weighted by Gasteiger charge is 2.18. The summed E-state index contributed by atoms with van der Waals surface area (Å²) in [6, 6.07) is 4.96. The molecule has 0 saturated carbocycles. The lowest BCUT2D eigenvalue weighted by Gasteiger charge is -2.14. The molecule has 148 valence electrons. The van der Waals surface area contributed by atoms with Gasteiger partial charge in [0.25, 0.3) is 0 Å². The molecule has 1 aromatic carbocycles. The SMILES string of the molecule is CCC1/C=C/C[C@H](N)c2nc(c[nH]2)-c2ccc(NC(=O)OC)cc2NC(=O)C1. The Kier molecular flexibility index (Phi) is 6.10. The van der Waals surface area contributed by atoms with Crippen molar-refractivity contribution in [3.05, 3.63) is 42.4 Å². The van der Waals surface area contributed by atoms with Crippen LogP contribution in [0.25, 0.3) is 11.3 Å². The molecule has 1 aliphatic heterocycles. The van der Waals surface area contributed by atoms with Crippen LogP contribution in [0.5, 0.6) is 0 Å². The molecule has 28 heavy (non-hydrogen) atoms. The summed E-state index contributed by atoms with van der Waals surface area (Å²) in [4.78, 5) is 31.9. The zero-order chi connectivity index (χ0) is 20.1. The fraction of sp³-hybridized carbons (Fsp3) is 0.350. The number of methoxy groups -OCH3 is 1. The third-order valence-electron chi connectivity index (χ3n) is 4.72. The van der Waals surface area contributed by atoms with Gasteiger partial charge < -0.3 is 20.8 Å². The van der Waals surface area contributed by atoms with Crippen LogP contribution in [0.15, 0.2) is 36.5 Å². The predicted octanol–water partition coefficient (Wildman–Crippen LogP) is 3.57. The van der Waals surface area contributed by atoms with Crippen molar-refractivity contribution in [2.24, 2.45) is 11.7 Å². The van der Waals surface area contributed by atoms with E-state index < -0.39 is 6.09 Å². The van der Waals surface area contributed by atoms with Crippen LogP contribution in [0.1, 0.15) is 38.1 Å². The van der Waals surface area contributed by atoms with Crippen LogP contribution in [0, 0.1) is 5.92 Å². The van der Waals surface area contributed by atoms with E-state index in [1.54, 1.807) is 24.4 Å². The predicted molar refractivity (Wildman–Crippen MR) is 108 cm³/mol. The molecule has 0 spiro atoms. The van der Waals surface area contributed by atoms with Gasteiger partial charge in [0, 0.05) is 23.9 Å². The Hall–Kier alpha value is -3.13. The Morgan fingerprint density at radius 3 is 3.00 bits per heavy atom. The minimum atomic E-state index is -0.583. The number of nitrogens with two attached hydrogens (primary N) is 1. The third-order valence-corrected chi connectivity index (χ3v) is 4.72. The van der Waals surface area contributed by atoms with E-state index in [-0.39, 0.29) is 17.9 Å². The number of nitrogens with zero attached hydrogens (tertiary/aromatic N) is 1. The zero-order valence-electron chi connectivity index (χ0n) is 16.0. The van der Waals surface area contributed by atoms with Gasteiger partial charge in [0.1, 0.15) is 5.82 Å². The molecular formula is C20H25N5O3. The molecule has 1 unspecified atom stereocenters. The van der Waals surface area contributed by atoms with Crippen LogP contribution in [0.4, 0.5) is 16.2 Å². The summed E-state index contributed by atoms with van der Waals surface area (Å²) in [5.41, 5.74) is 8.71. The van der Waals surface area contributed by atoms with Crippen molar-refractivity contribution in [2.75, 3.05) is 17.7 Å². The highest BCUT2D eigenvalue weighted by molar-refractivity contribution is 5.97.